The summed E-state index contributed by atoms with van der Waals surface area (Å²) >= 11 is 0. The second-order valence-corrected chi connectivity index (χ2v) is 18.5. The monoisotopic (exact) mass is 1030 g/mol. The number of amides is 9. The molecule has 74 heavy (non-hydrogen) atoms. The molecule has 4 rings (SSSR count). The maximum absolute atomic E-state index is 14.6. The number of carbonyl (C=O) groups excluding carboxylic acids is 9. The highest BCUT2D eigenvalue weighted by Gasteiger charge is 2.36. The average Bonchev–Trinajstić information content (AvgIpc) is 3.75. The third kappa shape index (κ3) is 19.4. The van der Waals surface area contributed by atoms with Crippen LogP contribution in [0.5, 0.6) is 0 Å². The number of nitrogens with one attached hydrogen (secondary N) is 13. The van der Waals surface area contributed by atoms with Gasteiger partial charge in [-0.25, -0.2) is 0 Å². The Morgan fingerprint density at radius 3 is 1.99 bits per heavy atom. The Bertz CT molecular complexity index is 2470. The number of hydrogen-bond acceptors (Lipinski definition) is 11. The van der Waals surface area contributed by atoms with Crippen molar-refractivity contribution in [2.45, 2.75) is 127 Å². The van der Waals surface area contributed by atoms with E-state index < -0.39 is 108 Å². The summed E-state index contributed by atoms with van der Waals surface area (Å²) in [4.78, 5) is 128. The van der Waals surface area contributed by atoms with Gasteiger partial charge in [0.25, 0.3) is 0 Å². The topological polar surface area (TPSA) is 415 Å². The van der Waals surface area contributed by atoms with Crippen LogP contribution in [0.1, 0.15) is 83.3 Å². The van der Waals surface area contributed by atoms with Gasteiger partial charge in [-0.3, -0.25) is 54.0 Å². The highest BCUT2D eigenvalue weighted by Crippen LogP contribution is 2.20. The minimum Gasteiger partial charge on any atom is -0.370 e. The molecule has 1 aliphatic rings. The van der Waals surface area contributed by atoms with Crippen molar-refractivity contribution >= 4 is 76.0 Å². The number of para-hydroxylation sites is 1. The van der Waals surface area contributed by atoms with Gasteiger partial charge in [-0.1, -0.05) is 62.4 Å². The molecule has 19 N–H and O–H groups in total. The molecule has 0 spiro atoms. The molecule has 0 bridgehead atoms. The van der Waals surface area contributed by atoms with Crippen molar-refractivity contribution in [2.24, 2.45) is 23.1 Å². The smallest absolute Gasteiger partial charge is 0.243 e. The van der Waals surface area contributed by atoms with E-state index in [1.807, 2.05) is 24.3 Å². The molecule has 2 aromatic carbocycles. The molecule has 1 saturated heterocycles. The molecule has 9 amide bonds. The molecule has 25 heteroatoms. The van der Waals surface area contributed by atoms with E-state index in [-0.39, 0.29) is 89.3 Å². The van der Waals surface area contributed by atoms with Crippen molar-refractivity contribution in [1.29, 1.82) is 10.8 Å². The van der Waals surface area contributed by atoms with Crippen LogP contribution in [0.3, 0.4) is 0 Å². The zero-order valence-electron chi connectivity index (χ0n) is 42.0. The Balaban J connectivity index is 1.75. The summed E-state index contributed by atoms with van der Waals surface area (Å²) in [6, 6.07) is 6.58. The lowest BCUT2D eigenvalue weighted by Gasteiger charge is -2.29. The van der Waals surface area contributed by atoms with Gasteiger partial charge in [-0.15, -0.1) is 0 Å². The summed E-state index contributed by atoms with van der Waals surface area (Å²) in [5, 5.41) is 42.4. The number of aromatic nitrogens is 1. The Hall–Kier alpha value is -8.25. The molecule has 402 valence electrons. The van der Waals surface area contributed by atoms with Crippen LogP contribution in [-0.4, -0.2) is 132 Å². The number of carbonyl (C=O) groups is 9. The molecule has 3 aromatic rings. The molecule has 0 aliphatic carbocycles. The minimum absolute atomic E-state index is 0.0283. The maximum Gasteiger partial charge on any atom is 0.243 e. The largest absolute Gasteiger partial charge is 0.370 e. The van der Waals surface area contributed by atoms with Crippen LogP contribution in [0.2, 0.25) is 0 Å². The Morgan fingerprint density at radius 2 is 1.32 bits per heavy atom. The van der Waals surface area contributed by atoms with E-state index >= 15 is 0 Å². The zero-order valence-corrected chi connectivity index (χ0v) is 42.0. The number of nitrogens with two attached hydrogens (primary N) is 3. The normalized spacial score (nSPS) is 21.3. The lowest BCUT2D eigenvalue weighted by molar-refractivity contribution is -0.137. The molecule has 7 atom stereocenters. The first-order valence-electron chi connectivity index (χ1n) is 24.6. The number of rotatable bonds is 17. The van der Waals surface area contributed by atoms with Crippen molar-refractivity contribution < 1.29 is 43.2 Å². The minimum atomic E-state index is -1.60. The van der Waals surface area contributed by atoms with E-state index in [1.165, 1.54) is 6.92 Å². The number of fused-ring (bicyclic) bond motifs is 1. The lowest BCUT2D eigenvalue weighted by atomic mass is 9.99. The van der Waals surface area contributed by atoms with E-state index in [1.54, 1.807) is 50.4 Å². The Labute approximate surface area is 428 Å². The third-order valence-corrected chi connectivity index (χ3v) is 12.1. The molecule has 1 fully saturated rings. The first-order chi connectivity index (χ1) is 35.2. The van der Waals surface area contributed by atoms with Gasteiger partial charge in [0.1, 0.15) is 42.3 Å². The molecule has 2 heterocycles. The highest BCUT2D eigenvalue weighted by molar-refractivity contribution is 5.99. The van der Waals surface area contributed by atoms with E-state index in [4.69, 9.17) is 28.0 Å². The Morgan fingerprint density at radius 1 is 0.716 bits per heavy atom. The molecular weight excluding hydrogens is 957 g/mol. The second-order valence-electron chi connectivity index (χ2n) is 18.5. The van der Waals surface area contributed by atoms with Crippen LogP contribution in [0.25, 0.3) is 10.9 Å². The predicted octanol–water partition coefficient (Wildman–Crippen LogP) is -2.28. The molecule has 1 aromatic heterocycles. The molecule has 1 aliphatic heterocycles. The van der Waals surface area contributed by atoms with Gasteiger partial charge in [0.15, 0.2) is 11.9 Å². The fourth-order valence-electron chi connectivity index (χ4n) is 8.22. The van der Waals surface area contributed by atoms with Gasteiger partial charge in [0, 0.05) is 56.5 Å². The fourth-order valence-corrected chi connectivity index (χ4v) is 8.22. The molecule has 0 radical (unpaired) electrons. The van der Waals surface area contributed by atoms with E-state index in [0.717, 1.165) is 10.9 Å². The van der Waals surface area contributed by atoms with Crippen molar-refractivity contribution in [2.75, 3.05) is 19.6 Å². The molecule has 0 unspecified atom stereocenters. The summed E-state index contributed by atoms with van der Waals surface area (Å²) in [7, 11) is 0. The van der Waals surface area contributed by atoms with Crippen molar-refractivity contribution in [1.82, 2.24) is 58.2 Å². The summed E-state index contributed by atoms with van der Waals surface area (Å²) < 4.78 is 0. The highest BCUT2D eigenvalue weighted by atomic mass is 16.2. The van der Waals surface area contributed by atoms with Crippen molar-refractivity contribution in [3.63, 3.8) is 0 Å². The third-order valence-electron chi connectivity index (χ3n) is 12.1. The zero-order chi connectivity index (χ0) is 54.3. The van der Waals surface area contributed by atoms with Gasteiger partial charge in [-0.2, -0.15) is 0 Å². The number of aromatic amines is 1. The van der Waals surface area contributed by atoms with Crippen molar-refractivity contribution in [3.05, 3.63) is 71.9 Å². The van der Waals surface area contributed by atoms with Gasteiger partial charge in [0.05, 0.1) is 6.42 Å². The van der Waals surface area contributed by atoms with Crippen LogP contribution < -0.4 is 70.4 Å². The molecule has 25 nitrogen and oxygen atoms in total. The maximum atomic E-state index is 14.6. The standard InChI is InChI=1S/C49H72N16O9/c1-27(2)40-47(74)64-36(23-29-13-5-4-6-14-29)44(71)61-35(19-12-22-57-49(53)54)43(70)62-37(24-30-26-58-32-16-8-7-15-31(30)32)45(72)60-33(41(50)68)17-9-10-20-55-39(67)25-38(46(73)65-40)63-42(69)34(59-28(3)66)18-11-21-56-48(51)52/h4-8,13-16,26-27,33-38,40,58H,9-12,17-25H2,1-3H3,(H2,50,68)(H,55,67)(H,59,66)(H,60,72)(H,61,71)(H,62,70)(H,63,69)(H,64,74)(H,65,73)(H4,51,52,56)(H4,53,54,57)/t33-,34-,35-,36+,37-,38-,40+/m0/s1. The van der Waals surface area contributed by atoms with Gasteiger partial charge in [0.2, 0.25) is 53.2 Å². The molecular formula is C49H72N16O9. The summed E-state index contributed by atoms with van der Waals surface area (Å²) in [5.41, 5.74) is 18.7. The van der Waals surface area contributed by atoms with E-state index in [9.17, 15) is 43.2 Å². The van der Waals surface area contributed by atoms with Gasteiger partial charge < -0.3 is 75.4 Å². The van der Waals surface area contributed by atoms with E-state index in [0.29, 0.717) is 11.1 Å². The van der Waals surface area contributed by atoms with Gasteiger partial charge >= 0.3 is 0 Å². The van der Waals surface area contributed by atoms with Crippen LogP contribution in [0, 0.1) is 16.7 Å². The van der Waals surface area contributed by atoms with Crippen LogP contribution in [0.15, 0.2) is 60.8 Å². The summed E-state index contributed by atoms with van der Waals surface area (Å²) in [5.74, 6) is -8.31. The SMILES string of the molecule is CC(=O)N[C@@H](CCCNC(=N)N)C(=O)N[C@H]1CC(=O)NCCCC[C@@H](C(N)=O)NC(=O)[C@H](Cc2c[nH]c3ccccc23)NC(=O)[C@H](CCCNC(=N)N)NC(=O)[C@@H](Cc2ccccc2)NC(=O)[C@@H](C(C)C)NC1=O. The summed E-state index contributed by atoms with van der Waals surface area (Å²) in [6.45, 7) is 4.80. The number of benzene rings is 2. The first-order valence-corrected chi connectivity index (χ1v) is 24.6. The van der Waals surface area contributed by atoms with Gasteiger partial charge in [-0.05, 0) is 68.1 Å². The average molecular weight is 1030 g/mol. The first kappa shape index (κ1) is 58.3. The fraction of sp³-hybridized carbons (Fsp3) is 0.490. The second kappa shape index (κ2) is 29.3. The Kier molecular flexibility index (Phi) is 23.1. The molecule has 0 saturated carbocycles. The number of H-pyrrole nitrogens is 1. The van der Waals surface area contributed by atoms with Crippen LogP contribution >= 0.6 is 0 Å². The number of hydrogen-bond donors (Lipinski definition) is 16. The predicted molar refractivity (Wildman–Crippen MR) is 275 cm³/mol. The number of guanidine groups is 2. The van der Waals surface area contributed by atoms with Crippen LogP contribution in [-0.2, 0) is 56.0 Å². The lowest BCUT2D eigenvalue weighted by Crippen LogP contribution is -2.61. The van der Waals surface area contributed by atoms with E-state index in [2.05, 4.69) is 58.2 Å². The van der Waals surface area contributed by atoms with Crippen molar-refractivity contribution in [3.8, 4) is 0 Å². The summed E-state index contributed by atoms with van der Waals surface area (Å²) in [6.07, 6.45) is 1.92. The number of primary amides is 1. The van der Waals surface area contributed by atoms with Crippen LogP contribution in [0.4, 0.5) is 0 Å². The quantitative estimate of drug-likeness (QED) is 0.0386.